The topological polar surface area (TPSA) is 94.0 Å². The normalized spacial score (nSPS) is 13.7. The highest BCUT2D eigenvalue weighted by Crippen LogP contribution is 2.23. The van der Waals surface area contributed by atoms with Crippen molar-refractivity contribution in [1.29, 1.82) is 5.26 Å². The zero-order chi connectivity index (χ0) is 21.9. The highest BCUT2D eigenvalue weighted by atomic mass is 16.5. The Morgan fingerprint density at radius 1 is 1.03 bits per heavy atom. The van der Waals surface area contributed by atoms with Gasteiger partial charge in [-0.05, 0) is 54.6 Å². The Balaban J connectivity index is 1.27. The lowest BCUT2D eigenvalue weighted by Gasteiger charge is -2.28. The predicted molar refractivity (Wildman–Crippen MR) is 124 cm³/mol. The fourth-order valence-corrected chi connectivity index (χ4v) is 3.78. The molecular weight excluding hydrogens is 402 g/mol. The average molecular weight is 423 g/mol. The number of benzene rings is 3. The van der Waals surface area contributed by atoms with Gasteiger partial charge in [0, 0.05) is 35.6 Å². The van der Waals surface area contributed by atoms with Crippen molar-refractivity contribution in [3.63, 3.8) is 0 Å². The van der Waals surface area contributed by atoms with E-state index in [-0.39, 0.29) is 5.91 Å². The van der Waals surface area contributed by atoms with Crippen molar-refractivity contribution < 1.29 is 9.53 Å². The molecule has 0 radical (unpaired) electrons. The fraction of sp³-hybridized carbons (Fsp3) is 0.160. The number of H-pyrrole nitrogens is 1. The Hall–Kier alpha value is -4.15. The number of carbonyl (C=O) groups excluding carboxylic acids is 1. The monoisotopic (exact) mass is 423 g/mol. The lowest BCUT2D eigenvalue weighted by Crippen LogP contribution is -2.36. The molecule has 1 amide bonds. The second-order valence-electron chi connectivity index (χ2n) is 7.61. The molecule has 0 saturated carbocycles. The molecule has 1 fully saturated rings. The van der Waals surface area contributed by atoms with Crippen LogP contribution in [0.5, 0.6) is 0 Å². The highest BCUT2D eigenvalue weighted by Gasteiger charge is 2.12. The Morgan fingerprint density at radius 3 is 2.50 bits per heavy atom. The van der Waals surface area contributed by atoms with E-state index < -0.39 is 0 Å². The molecule has 3 aromatic carbocycles. The molecule has 0 bridgehead atoms. The molecular formula is C25H21N5O2. The molecule has 7 heteroatoms. The molecule has 0 unspecified atom stereocenters. The Labute approximate surface area is 185 Å². The maximum absolute atomic E-state index is 12.7. The molecule has 1 aliphatic rings. The molecule has 1 saturated heterocycles. The van der Waals surface area contributed by atoms with Crippen LogP contribution in [0.4, 0.5) is 11.4 Å². The molecule has 0 atom stereocenters. The first-order chi connectivity index (χ1) is 15.7. The van der Waals surface area contributed by atoms with Crippen molar-refractivity contribution in [3.05, 3.63) is 77.9 Å². The highest BCUT2D eigenvalue weighted by molar-refractivity contribution is 6.04. The number of morpholine rings is 1. The number of hydrogen-bond acceptors (Lipinski definition) is 5. The largest absolute Gasteiger partial charge is 0.378 e. The second kappa shape index (κ2) is 8.53. The van der Waals surface area contributed by atoms with Crippen LogP contribution in [0.15, 0.2) is 66.7 Å². The third kappa shape index (κ3) is 4.04. The number of aromatic nitrogens is 2. The average Bonchev–Trinajstić information content (AvgIpc) is 3.28. The third-order valence-electron chi connectivity index (χ3n) is 5.53. The fourth-order valence-electron chi connectivity index (χ4n) is 3.78. The summed E-state index contributed by atoms with van der Waals surface area (Å²) in [5.74, 6) is 0.527. The number of nitriles is 1. The van der Waals surface area contributed by atoms with E-state index in [0.29, 0.717) is 17.0 Å². The summed E-state index contributed by atoms with van der Waals surface area (Å²) in [7, 11) is 0. The van der Waals surface area contributed by atoms with Gasteiger partial charge in [-0.25, -0.2) is 4.98 Å². The van der Waals surface area contributed by atoms with E-state index in [4.69, 9.17) is 10.00 Å². The second-order valence-corrected chi connectivity index (χ2v) is 7.61. The first-order valence-electron chi connectivity index (χ1n) is 10.4. The van der Waals surface area contributed by atoms with Crippen molar-refractivity contribution in [2.24, 2.45) is 0 Å². The van der Waals surface area contributed by atoms with E-state index in [1.807, 2.05) is 42.5 Å². The molecule has 0 aliphatic carbocycles. The summed E-state index contributed by atoms with van der Waals surface area (Å²) >= 11 is 0. The number of carbonyl (C=O) groups is 1. The van der Waals surface area contributed by atoms with Gasteiger partial charge in [0.25, 0.3) is 5.91 Å². The first kappa shape index (κ1) is 19.8. The van der Waals surface area contributed by atoms with Crippen LogP contribution in [0, 0.1) is 11.3 Å². The van der Waals surface area contributed by atoms with Crippen molar-refractivity contribution in [1.82, 2.24) is 9.97 Å². The Kier molecular flexibility index (Phi) is 5.28. The van der Waals surface area contributed by atoms with E-state index in [2.05, 4.69) is 26.3 Å². The minimum absolute atomic E-state index is 0.168. The van der Waals surface area contributed by atoms with E-state index in [0.717, 1.165) is 54.3 Å². The number of amides is 1. The van der Waals surface area contributed by atoms with Crippen LogP contribution in [0.2, 0.25) is 0 Å². The number of nitrogens with zero attached hydrogens (tertiary/aromatic N) is 3. The quantitative estimate of drug-likeness (QED) is 0.513. The number of fused-ring (bicyclic) bond motifs is 1. The lowest BCUT2D eigenvalue weighted by molar-refractivity contribution is 0.102. The van der Waals surface area contributed by atoms with E-state index in [1.165, 1.54) is 0 Å². The van der Waals surface area contributed by atoms with Gasteiger partial charge in [0.1, 0.15) is 5.82 Å². The van der Waals surface area contributed by atoms with Crippen LogP contribution in [0.1, 0.15) is 15.9 Å². The minimum atomic E-state index is -0.168. The van der Waals surface area contributed by atoms with Crippen molar-refractivity contribution in [2.75, 3.05) is 36.5 Å². The van der Waals surface area contributed by atoms with Crippen LogP contribution < -0.4 is 10.2 Å². The van der Waals surface area contributed by atoms with Crippen LogP contribution in [-0.2, 0) is 4.74 Å². The number of aromatic amines is 1. The van der Waals surface area contributed by atoms with Gasteiger partial charge in [0.2, 0.25) is 0 Å². The summed E-state index contributed by atoms with van der Waals surface area (Å²) < 4.78 is 5.39. The summed E-state index contributed by atoms with van der Waals surface area (Å²) in [5, 5.41) is 12.0. The number of ether oxygens (including phenoxy) is 1. The first-order valence-corrected chi connectivity index (χ1v) is 10.4. The number of rotatable bonds is 4. The molecule has 32 heavy (non-hydrogen) atoms. The Morgan fingerprint density at radius 2 is 1.78 bits per heavy atom. The van der Waals surface area contributed by atoms with Crippen LogP contribution in [0.25, 0.3) is 22.4 Å². The SMILES string of the molecule is N#Cc1ccc2nc(-c3ccc(C(=O)Nc4ccc(N5CCOCC5)cc4)cc3)[nH]c2c1. The van der Waals surface area contributed by atoms with Gasteiger partial charge in [0.15, 0.2) is 0 Å². The molecule has 2 heterocycles. The summed E-state index contributed by atoms with van der Waals surface area (Å²) in [4.78, 5) is 22.7. The van der Waals surface area contributed by atoms with Crippen molar-refractivity contribution in [2.45, 2.75) is 0 Å². The van der Waals surface area contributed by atoms with Gasteiger partial charge >= 0.3 is 0 Å². The van der Waals surface area contributed by atoms with Gasteiger partial charge in [-0.2, -0.15) is 5.26 Å². The van der Waals surface area contributed by atoms with Crippen LogP contribution in [-0.4, -0.2) is 42.2 Å². The van der Waals surface area contributed by atoms with Gasteiger partial charge in [-0.15, -0.1) is 0 Å². The Bertz CT molecular complexity index is 1300. The molecule has 7 nitrogen and oxygen atoms in total. The number of hydrogen-bond donors (Lipinski definition) is 2. The zero-order valence-corrected chi connectivity index (χ0v) is 17.3. The van der Waals surface area contributed by atoms with Gasteiger partial charge in [-0.1, -0.05) is 12.1 Å². The summed E-state index contributed by atoms with van der Waals surface area (Å²) in [6.45, 7) is 3.23. The van der Waals surface area contributed by atoms with Crippen molar-refractivity contribution >= 4 is 28.3 Å². The van der Waals surface area contributed by atoms with Crippen LogP contribution >= 0.6 is 0 Å². The zero-order valence-electron chi connectivity index (χ0n) is 17.3. The minimum Gasteiger partial charge on any atom is -0.378 e. The molecule has 158 valence electrons. The molecule has 4 aromatic rings. The number of imidazole rings is 1. The molecule has 1 aliphatic heterocycles. The van der Waals surface area contributed by atoms with E-state index in [9.17, 15) is 4.79 Å². The van der Waals surface area contributed by atoms with Crippen molar-refractivity contribution in [3.8, 4) is 17.5 Å². The standard InChI is InChI=1S/C25H21N5O2/c26-16-17-1-10-22-23(15-17)29-24(28-22)18-2-4-19(5-3-18)25(31)27-20-6-8-21(9-7-20)30-11-13-32-14-12-30/h1-10,15H,11-14H2,(H,27,31)(H,28,29). The van der Waals surface area contributed by atoms with Crippen LogP contribution in [0.3, 0.4) is 0 Å². The maximum atomic E-state index is 12.7. The molecule has 0 spiro atoms. The molecule has 5 rings (SSSR count). The van der Waals surface area contributed by atoms with E-state index >= 15 is 0 Å². The van der Waals surface area contributed by atoms with Gasteiger partial charge in [0.05, 0.1) is 35.9 Å². The van der Waals surface area contributed by atoms with Gasteiger partial charge in [-0.3, -0.25) is 4.79 Å². The van der Waals surface area contributed by atoms with E-state index in [1.54, 1.807) is 24.3 Å². The molecule has 2 N–H and O–H groups in total. The van der Waals surface area contributed by atoms with Gasteiger partial charge < -0.3 is 19.9 Å². The lowest BCUT2D eigenvalue weighted by atomic mass is 10.1. The summed E-state index contributed by atoms with van der Waals surface area (Å²) in [6.07, 6.45) is 0. The maximum Gasteiger partial charge on any atom is 0.255 e. The third-order valence-corrected chi connectivity index (χ3v) is 5.53. The summed E-state index contributed by atoms with van der Waals surface area (Å²) in [5.41, 5.74) is 5.49. The number of anilines is 2. The summed E-state index contributed by atoms with van der Waals surface area (Å²) in [6, 6.07) is 22.6. The smallest absolute Gasteiger partial charge is 0.255 e. The number of nitrogens with one attached hydrogen (secondary N) is 2. The predicted octanol–water partition coefficient (Wildman–Crippen LogP) is 4.19. The molecule has 1 aromatic heterocycles.